The highest BCUT2D eigenvalue weighted by atomic mass is 16.6. The highest BCUT2D eigenvalue weighted by Crippen LogP contribution is 2.50. The van der Waals surface area contributed by atoms with Gasteiger partial charge >= 0.3 is 71.6 Å². The number of rotatable bonds is 40. The van der Waals surface area contributed by atoms with Crippen molar-refractivity contribution in [1.82, 2.24) is 0 Å². The Kier molecular flexibility index (Phi) is 49.9. The Balaban J connectivity index is 0.000000329. The fraction of sp³-hybridized carbons (Fsp3) is 0.453. The van der Waals surface area contributed by atoms with Gasteiger partial charge in [0.1, 0.15) is 39.6 Å². The standard InChI is InChI=1S/C25H26O4.C19H24O4.C17H26O4.C17H22O4.C15H20O4.C13H18O4/c1-3-20-15-21(4-2)23(25(27)29-17-19-13-9-6-10-14-19)22(20)24(26)28-16-18-11-7-5-8-12-18;1-4-14-11-15(5-2)17(16(14)18(20)22-3)19(21)23-12-13-9-7-6-8-10-13;2*1-5-9-20-16(18)14-12(7-3)11-13(8-4)15(14)17(19)21-10-6-2;1-5-8-19-15(17)13-11(7-3)9-10(6-2)12(13)14(16)18-4;1-5-8-7-9(6-2)11(13(15)17-4)10(8)12(14)16-3/h3-14,20-23H,1-2,15-17H2;4,6-10,14-17H,1,5,11-12H2,2-3H3;7-8,12-15H,3-6,9-11H2,1-2H3;5-8,12-15H,1-4,9-11H2;5-7,10-13H,1-3,8-9H2,4H3;5-6,8-11H,1-2,7H2,3-4H3. The largest absolute Gasteiger partial charge is 0.469 e. The van der Waals surface area contributed by atoms with E-state index < -0.39 is 119 Å². The van der Waals surface area contributed by atoms with Crippen molar-refractivity contribution in [1.29, 1.82) is 0 Å². The van der Waals surface area contributed by atoms with Crippen molar-refractivity contribution < 1.29 is 114 Å². The summed E-state index contributed by atoms with van der Waals surface area (Å²) < 4.78 is 61.6. The molecule has 9 rings (SSSR count). The Morgan fingerprint density at radius 1 is 0.246 bits per heavy atom. The van der Waals surface area contributed by atoms with Crippen LogP contribution in [-0.4, -0.2) is 133 Å². The normalized spacial score (nSPS) is 27.2. The minimum atomic E-state index is -0.623. The van der Waals surface area contributed by atoms with Crippen LogP contribution < -0.4 is 0 Å². The molecule has 0 saturated heterocycles. The molecular formula is C106H136O24. The van der Waals surface area contributed by atoms with Crippen molar-refractivity contribution in [3.8, 4) is 0 Å². The van der Waals surface area contributed by atoms with Crippen LogP contribution in [0.4, 0.5) is 0 Å². The number of carbonyl (C=O) groups is 12. The molecule has 6 aliphatic carbocycles. The Bertz CT molecular complexity index is 4130. The molecule has 704 valence electrons. The quantitative estimate of drug-likeness (QED) is 0.0290. The van der Waals surface area contributed by atoms with Crippen molar-refractivity contribution in [3.05, 3.63) is 285 Å². The topological polar surface area (TPSA) is 316 Å². The van der Waals surface area contributed by atoms with E-state index in [0.717, 1.165) is 42.4 Å². The monoisotopic (exact) mass is 1790 g/mol. The molecule has 24 nitrogen and oxygen atoms in total. The molecule has 0 radical (unpaired) electrons. The van der Waals surface area contributed by atoms with Gasteiger partial charge < -0.3 is 56.8 Å². The molecule has 24 atom stereocenters. The minimum Gasteiger partial charge on any atom is -0.469 e. The van der Waals surface area contributed by atoms with E-state index in [9.17, 15) is 57.5 Å². The summed E-state index contributed by atoms with van der Waals surface area (Å²) in [6, 6.07) is 28.5. The van der Waals surface area contributed by atoms with Crippen molar-refractivity contribution >= 4 is 71.6 Å². The van der Waals surface area contributed by atoms with Gasteiger partial charge in [0.25, 0.3) is 0 Å². The average Bonchev–Trinajstić information content (AvgIpc) is 1.67. The van der Waals surface area contributed by atoms with E-state index in [1.807, 2.05) is 112 Å². The van der Waals surface area contributed by atoms with Gasteiger partial charge in [-0.25, -0.2) is 0 Å². The maximum absolute atomic E-state index is 12.9. The van der Waals surface area contributed by atoms with Crippen molar-refractivity contribution in [2.45, 2.75) is 98.4 Å². The zero-order chi connectivity index (χ0) is 96.5. The smallest absolute Gasteiger partial charge is 0.310 e. The van der Waals surface area contributed by atoms with E-state index in [0.29, 0.717) is 45.3 Å². The molecule has 0 aliphatic heterocycles. The lowest BCUT2D eigenvalue weighted by molar-refractivity contribution is -0.162. The molecule has 0 N–H and O–H groups in total. The van der Waals surface area contributed by atoms with Crippen LogP contribution in [0.5, 0.6) is 0 Å². The molecular weight excluding hydrogens is 1660 g/mol. The molecule has 3 aromatic rings. The summed E-state index contributed by atoms with van der Waals surface area (Å²) in [6.07, 6.45) is 29.7. The molecule has 6 saturated carbocycles. The van der Waals surface area contributed by atoms with Crippen LogP contribution in [0.15, 0.2) is 268 Å². The van der Waals surface area contributed by atoms with Crippen LogP contribution in [0.25, 0.3) is 0 Å². The molecule has 0 aromatic heterocycles. The van der Waals surface area contributed by atoms with Gasteiger partial charge in [-0.3, -0.25) is 57.5 Å². The number of hydrogen-bond donors (Lipinski definition) is 0. The van der Waals surface area contributed by atoms with Crippen LogP contribution >= 0.6 is 0 Å². The fourth-order valence-corrected chi connectivity index (χ4v) is 18.2. The number of esters is 12. The maximum Gasteiger partial charge on any atom is 0.310 e. The van der Waals surface area contributed by atoms with E-state index in [-0.39, 0.29) is 135 Å². The van der Waals surface area contributed by atoms with Gasteiger partial charge in [-0.2, -0.15) is 0 Å². The number of benzene rings is 3. The van der Waals surface area contributed by atoms with Gasteiger partial charge in [0.2, 0.25) is 0 Å². The average molecular weight is 1790 g/mol. The first kappa shape index (κ1) is 110. The third-order valence-electron chi connectivity index (χ3n) is 24.7. The van der Waals surface area contributed by atoms with Gasteiger partial charge in [-0.15, -0.1) is 72.4 Å². The number of allylic oxidation sites excluding steroid dienone is 11. The summed E-state index contributed by atoms with van der Waals surface area (Å²) in [5.74, 6) is -12.2. The predicted molar refractivity (Wildman–Crippen MR) is 497 cm³/mol. The maximum atomic E-state index is 12.9. The first-order chi connectivity index (χ1) is 62.6. The lowest BCUT2D eigenvalue weighted by Crippen LogP contribution is -2.34. The Morgan fingerprint density at radius 3 is 0.608 bits per heavy atom. The predicted octanol–water partition coefficient (Wildman–Crippen LogP) is 17.6. The third kappa shape index (κ3) is 30.7. The van der Waals surface area contributed by atoms with Crippen LogP contribution in [0.2, 0.25) is 0 Å². The summed E-state index contributed by atoms with van der Waals surface area (Å²) in [4.78, 5) is 147. The molecule has 0 amide bonds. The summed E-state index contributed by atoms with van der Waals surface area (Å²) in [5, 5.41) is 0. The molecule has 3 aromatic carbocycles. The summed E-state index contributed by atoms with van der Waals surface area (Å²) in [5.41, 5.74) is 2.73. The van der Waals surface area contributed by atoms with Crippen LogP contribution in [0, 0.1) is 142 Å². The Morgan fingerprint density at radius 2 is 0.423 bits per heavy atom. The second-order valence-electron chi connectivity index (χ2n) is 32.3. The third-order valence-corrected chi connectivity index (χ3v) is 24.7. The molecule has 24 heteroatoms. The van der Waals surface area contributed by atoms with Crippen molar-refractivity contribution in [3.63, 3.8) is 0 Å². The zero-order valence-corrected chi connectivity index (χ0v) is 76.8. The van der Waals surface area contributed by atoms with Gasteiger partial charge in [-0.05, 0) is 139 Å². The van der Waals surface area contributed by atoms with Crippen LogP contribution in [-0.2, 0) is 134 Å². The van der Waals surface area contributed by atoms with E-state index in [4.69, 9.17) is 56.8 Å². The Labute approximate surface area is 768 Å². The van der Waals surface area contributed by atoms with Crippen molar-refractivity contribution in [2.75, 3.05) is 61.5 Å². The number of hydrogen-bond acceptors (Lipinski definition) is 24. The van der Waals surface area contributed by atoms with E-state index in [2.05, 4.69) is 92.1 Å². The number of methoxy groups -OCH3 is 4. The van der Waals surface area contributed by atoms with E-state index >= 15 is 0 Å². The van der Waals surface area contributed by atoms with Crippen LogP contribution in [0.3, 0.4) is 0 Å². The molecule has 6 fully saturated rings. The minimum absolute atomic E-state index is 0.0401. The second-order valence-corrected chi connectivity index (χ2v) is 32.3. The van der Waals surface area contributed by atoms with E-state index in [1.54, 1.807) is 66.8 Å². The van der Waals surface area contributed by atoms with E-state index in [1.165, 1.54) is 46.7 Å². The second kappa shape index (κ2) is 59.0. The fourth-order valence-electron chi connectivity index (χ4n) is 18.2. The van der Waals surface area contributed by atoms with Crippen LogP contribution in [0.1, 0.15) is 95.2 Å². The Hall–Kier alpha value is -12.3. The highest BCUT2D eigenvalue weighted by molar-refractivity contribution is 5.88. The van der Waals surface area contributed by atoms with Crippen molar-refractivity contribution in [2.24, 2.45) is 142 Å². The van der Waals surface area contributed by atoms with Gasteiger partial charge in [0.05, 0.1) is 113 Å². The van der Waals surface area contributed by atoms with Gasteiger partial charge in [0, 0.05) is 0 Å². The summed E-state index contributed by atoms with van der Waals surface area (Å²) >= 11 is 0. The number of ether oxygens (including phenoxy) is 12. The molecule has 130 heavy (non-hydrogen) atoms. The zero-order valence-electron chi connectivity index (χ0n) is 76.8. The van der Waals surface area contributed by atoms with Gasteiger partial charge in [0.15, 0.2) is 0 Å². The lowest BCUT2D eigenvalue weighted by atomic mass is 9.86. The first-order valence-electron chi connectivity index (χ1n) is 44.1. The number of carbonyl (C=O) groups excluding carboxylic acids is 12. The first-order valence-corrected chi connectivity index (χ1v) is 44.1. The van der Waals surface area contributed by atoms with Gasteiger partial charge in [-0.1, -0.05) is 223 Å². The SMILES string of the molecule is C=CC1CC(C=C)C(C(=O)OC)C1C(=O)OC.C=CC1CC(C=C)C(C(=O)OCCC)C1C(=O)OCCC.C=CC1CC(C=C)C(C(=O)OCc2ccccc2)C1C(=O)OCc1ccccc1.C=CC1CC(CC)C(C(=O)OCc2ccccc2)C1C(=O)OC.C=CCOC(=O)C1C(C=C)CC(C=C)C1C(=O)OC.C=CCOC(=O)C1C(C=C)CC(C=C)C1C(=O)OCC=C. The summed E-state index contributed by atoms with van der Waals surface area (Å²) in [7, 11) is 5.31. The highest BCUT2D eigenvalue weighted by Gasteiger charge is 2.56. The summed E-state index contributed by atoms with van der Waals surface area (Å²) in [6.45, 7) is 59.5. The molecule has 6 aliphatic rings. The molecule has 0 bridgehead atoms. The lowest BCUT2D eigenvalue weighted by Gasteiger charge is -2.22. The molecule has 0 spiro atoms. The molecule has 24 unspecified atom stereocenters. The molecule has 0 heterocycles.